The van der Waals surface area contributed by atoms with Gasteiger partial charge in [-0.3, -0.25) is 4.90 Å². The summed E-state index contributed by atoms with van der Waals surface area (Å²) in [6.07, 6.45) is 5.38. The van der Waals surface area contributed by atoms with Crippen molar-refractivity contribution in [1.82, 2.24) is 4.90 Å². The Labute approximate surface area is 119 Å². The lowest BCUT2D eigenvalue weighted by molar-refractivity contribution is -0.00837. The van der Waals surface area contributed by atoms with Crippen molar-refractivity contribution in [2.75, 3.05) is 20.2 Å². The zero-order valence-electron chi connectivity index (χ0n) is 11.6. The summed E-state index contributed by atoms with van der Waals surface area (Å²) in [5.41, 5.74) is 6.03. The van der Waals surface area contributed by atoms with Crippen molar-refractivity contribution >= 4 is 11.3 Å². The fourth-order valence-electron chi connectivity index (χ4n) is 3.38. The quantitative estimate of drug-likeness (QED) is 0.901. The van der Waals surface area contributed by atoms with Gasteiger partial charge in [-0.05, 0) is 43.0 Å². The highest BCUT2D eigenvalue weighted by molar-refractivity contribution is 7.10. The van der Waals surface area contributed by atoms with Crippen molar-refractivity contribution in [3.05, 3.63) is 22.4 Å². The van der Waals surface area contributed by atoms with E-state index in [4.69, 9.17) is 10.5 Å². The van der Waals surface area contributed by atoms with Gasteiger partial charge >= 0.3 is 0 Å². The largest absolute Gasteiger partial charge is 0.381 e. The molecule has 3 unspecified atom stereocenters. The number of nitrogens with zero attached hydrogens (tertiary/aromatic N) is 1. The summed E-state index contributed by atoms with van der Waals surface area (Å²) in [4.78, 5) is 4.19. The van der Waals surface area contributed by atoms with Gasteiger partial charge in [0, 0.05) is 37.2 Å². The fourth-order valence-corrected chi connectivity index (χ4v) is 4.32. The summed E-state index contributed by atoms with van der Waals surface area (Å²) in [6, 6.07) is 5.55. The molecule has 0 spiro atoms. The SMILES string of the molecule is COC1CCN(C(c2cccs2)C2CC2)C(CN)C1. The zero-order chi connectivity index (χ0) is 13.2. The minimum atomic E-state index is 0.396. The van der Waals surface area contributed by atoms with Gasteiger partial charge in [-0.15, -0.1) is 11.3 Å². The van der Waals surface area contributed by atoms with Crippen molar-refractivity contribution < 1.29 is 4.74 Å². The summed E-state index contributed by atoms with van der Waals surface area (Å²) in [5.74, 6) is 0.854. The van der Waals surface area contributed by atoms with Crippen LogP contribution in [0.15, 0.2) is 17.5 Å². The van der Waals surface area contributed by atoms with E-state index in [2.05, 4.69) is 22.4 Å². The molecule has 0 amide bonds. The average molecular weight is 280 g/mol. The molecule has 2 heterocycles. The first kappa shape index (κ1) is 13.6. The van der Waals surface area contributed by atoms with Gasteiger partial charge in [-0.1, -0.05) is 6.07 Å². The van der Waals surface area contributed by atoms with Crippen molar-refractivity contribution in [1.29, 1.82) is 0 Å². The van der Waals surface area contributed by atoms with Gasteiger partial charge < -0.3 is 10.5 Å². The van der Waals surface area contributed by atoms with E-state index in [1.165, 1.54) is 17.7 Å². The van der Waals surface area contributed by atoms with Gasteiger partial charge in [0.15, 0.2) is 0 Å². The van der Waals surface area contributed by atoms with Crippen LogP contribution < -0.4 is 5.73 Å². The molecule has 0 radical (unpaired) electrons. The van der Waals surface area contributed by atoms with E-state index in [1.54, 1.807) is 0 Å². The second kappa shape index (κ2) is 5.92. The molecule has 3 atom stereocenters. The van der Waals surface area contributed by atoms with E-state index < -0.39 is 0 Å². The summed E-state index contributed by atoms with van der Waals surface area (Å²) < 4.78 is 5.54. The molecule has 1 aliphatic carbocycles. The molecule has 3 rings (SSSR count). The summed E-state index contributed by atoms with van der Waals surface area (Å²) in [7, 11) is 1.82. The lowest BCUT2D eigenvalue weighted by Crippen LogP contribution is -2.50. The zero-order valence-corrected chi connectivity index (χ0v) is 12.4. The first-order valence-electron chi connectivity index (χ1n) is 7.35. The molecule has 1 saturated heterocycles. The van der Waals surface area contributed by atoms with Crippen LogP contribution in [0.5, 0.6) is 0 Å². The fraction of sp³-hybridized carbons (Fsp3) is 0.733. The van der Waals surface area contributed by atoms with Gasteiger partial charge in [0.2, 0.25) is 0 Å². The lowest BCUT2D eigenvalue weighted by atomic mass is 9.95. The summed E-state index contributed by atoms with van der Waals surface area (Å²) in [5, 5.41) is 2.20. The Bertz CT molecular complexity index is 391. The van der Waals surface area contributed by atoms with Gasteiger partial charge in [0.1, 0.15) is 0 Å². The van der Waals surface area contributed by atoms with E-state index in [0.29, 0.717) is 18.2 Å². The van der Waals surface area contributed by atoms with Crippen LogP contribution in [-0.4, -0.2) is 37.2 Å². The highest BCUT2D eigenvalue weighted by atomic mass is 32.1. The van der Waals surface area contributed by atoms with E-state index in [-0.39, 0.29) is 0 Å². The van der Waals surface area contributed by atoms with Crippen molar-refractivity contribution in [3.8, 4) is 0 Å². The lowest BCUT2D eigenvalue weighted by Gasteiger charge is -2.43. The van der Waals surface area contributed by atoms with Crippen molar-refractivity contribution in [2.24, 2.45) is 11.7 Å². The van der Waals surface area contributed by atoms with Crippen LogP contribution in [0.3, 0.4) is 0 Å². The Morgan fingerprint density at radius 1 is 1.47 bits per heavy atom. The molecule has 4 heteroatoms. The third-order valence-corrected chi connectivity index (χ3v) is 5.52. The van der Waals surface area contributed by atoms with E-state index in [1.807, 2.05) is 18.4 Å². The molecule has 2 fully saturated rings. The average Bonchev–Trinajstić information content (AvgIpc) is 3.14. The maximum Gasteiger partial charge on any atom is 0.0599 e. The predicted molar refractivity (Wildman–Crippen MR) is 79.4 cm³/mol. The molecule has 1 aliphatic heterocycles. The Balaban J connectivity index is 1.78. The minimum Gasteiger partial charge on any atom is -0.381 e. The van der Waals surface area contributed by atoms with Gasteiger partial charge in [0.05, 0.1) is 6.10 Å². The number of hydrogen-bond acceptors (Lipinski definition) is 4. The Morgan fingerprint density at radius 2 is 2.32 bits per heavy atom. The highest BCUT2D eigenvalue weighted by Crippen LogP contribution is 2.47. The van der Waals surface area contributed by atoms with Crippen LogP contribution in [0.1, 0.15) is 36.6 Å². The molecule has 2 N–H and O–H groups in total. The van der Waals surface area contributed by atoms with Gasteiger partial charge in [-0.25, -0.2) is 0 Å². The highest BCUT2D eigenvalue weighted by Gasteiger charge is 2.41. The molecular formula is C15H24N2OS. The van der Waals surface area contributed by atoms with Crippen molar-refractivity contribution in [3.63, 3.8) is 0 Å². The first-order valence-corrected chi connectivity index (χ1v) is 8.23. The molecule has 3 nitrogen and oxygen atoms in total. The minimum absolute atomic E-state index is 0.396. The van der Waals surface area contributed by atoms with Crippen LogP contribution in [0, 0.1) is 5.92 Å². The maximum atomic E-state index is 6.03. The first-order chi connectivity index (χ1) is 9.33. The molecular weight excluding hydrogens is 256 g/mol. The predicted octanol–water partition coefficient (Wildman–Crippen LogP) is 2.64. The molecule has 0 aromatic carbocycles. The number of likely N-dealkylation sites (tertiary alicyclic amines) is 1. The van der Waals surface area contributed by atoms with E-state index >= 15 is 0 Å². The molecule has 1 saturated carbocycles. The number of hydrogen-bond donors (Lipinski definition) is 1. The van der Waals surface area contributed by atoms with Crippen LogP contribution >= 0.6 is 11.3 Å². The number of nitrogens with two attached hydrogens (primary N) is 1. The van der Waals surface area contributed by atoms with Crippen molar-refractivity contribution in [2.45, 2.75) is 43.9 Å². The molecule has 2 aliphatic rings. The molecule has 19 heavy (non-hydrogen) atoms. The summed E-state index contributed by atoms with van der Waals surface area (Å²) >= 11 is 1.90. The van der Waals surface area contributed by atoms with E-state index in [0.717, 1.165) is 31.8 Å². The van der Waals surface area contributed by atoms with Crippen LogP contribution in [0.2, 0.25) is 0 Å². The Kier molecular flexibility index (Phi) is 4.22. The Morgan fingerprint density at radius 3 is 2.89 bits per heavy atom. The maximum absolute atomic E-state index is 6.03. The topological polar surface area (TPSA) is 38.5 Å². The number of thiophene rings is 1. The second-order valence-electron chi connectivity index (χ2n) is 5.81. The van der Waals surface area contributed by atoms with E-state index in [9.17, 15) is 0 Å². The van der Waals surface area contributed by atoms with Gasteiger partial charge in [0.25, 0.3) is 0 Å². The monoisotopic (exact) mass is 280 g/mol. The van der Waals surface area contributed by atoms with Crippen LogP contribution in [0.25, 0.3) is 0 Å². The standard InChI is InChI=1S/C15H24N2OS/c1-18-13-6-7-17(12(9-13)10-16)15(11-4-5-11)14-3-2-8-19-14/h2-3,8,11-13,15H,4-7,9-10,16H2,1H3. The smallest absolute Gasteiger partial charge is 0.0599 e. The number of ether oxygens (including phenoxy) is 1. The van der Waals surface area contributed by atoms with Gasteiger partial charge in [-0.2, -0.15) is 0 Å². The van der Waals surface area contributed by atoms with Crippen LogP contribution in [0.4, 0.5) is 0 Å². The number of piperidine rings is 1. The molecule has 0 bridgehead atoms. The molecule has 1 aromatic heterocycles. The Hall–Kier alpha value is -0.420. The van der Waals surface area contributed by atoms with Crippen LogP contribution in [-0.2, 0) is 4.74 Å². The third-order valence-electron chi connectivity index (χ3n) is 4.58. The number of methoxy groups -OCH3 is 1. The second-order valence-corrected chi connectivity index (χ2v) is 6.79. The normalized spacial score (nSPS) is 30.4. The third kappa shape index (κ3) is 2.87. The summed E-state index contributed by atoms with van der Waals surface area (Å²) in [6.45, 7) is 1.87. The number of rotatable bonds is 5. The molecule has 106 valence electrons. The molecule has 1 aromatic rings.